The summed E-state index contributed by atoms with van der Waals surface area (Å²) >= 11 is 8.00. The Morgan fingerprint density at radius 2 is 2.17 bits per heavy atom. The van der Waals surface area contributed by atoms with Crippen molar-refractivity contribution in [3.63, 3.8) is 0 Å². The van der Waals surface area contributed by atoms with E-state index >= 15 is 0 Å². The van der Waals surface area contributed by atoms with Crippen molar-refractivity contribution in [2.24, 2.45) is 0 Å². The number of carbonyl (C=O) groups excluding carboxylic acids is 1. The number of hydrogen-bond donors (Lipinski definition) is 2. The summed E-state index contributed by atoms with van der Waals surface area (Å²) in [6.45, 7) is 1.49. The normalized spacial score (nSPS) is 12.9. The van der Waals surface area contributed by atoms with Crippen LogP contribution >= 0.6 is 22.9 Å². The molecule has 146 valence electrons. The van der Waals surface area contributed by atoms with Crippen LogP contribution in [-0.2, 0) is 17.6 Å². The number of thiazole rings is 1. The van der Waals surface area contributed by atoms with Gasteiger partial charge in [-0.15, -0.1) is 0 Å². The molecule has 1 amide bonds. The minimum atomic E-state index is -0.133. The molecule has 3 aromatic heterocycles. The van der Waals surface area contributed by atoms with E-state index in [9.17, 15) is 4.79 Å². The Balaban J connectivity index is 1.79. The van der Waals surface area contributed by atoms with Gasteiger partial charge >= 0.3 is 0 Å². The first kappa shape index (κ1) is 18.1. The third kappa shape index (κ3) is 3.14. The summed E-state index contributed by atoms with van der Waals surface area (Å²) in [7, 11) is 0. The van der Waals surface area contributed by atoms with Gasteiger partial charge in [0.15, 0.2) is 5.13 Å². The van der Waals surface area contributed by atoms with E-state index in [0.717, 1.165) is 58.2 Å². The van der Waals surface area contributed by atoms with Crippen molar-refractivity contribution in [1.82, 2.24) is 24.7 Å². The van der Waals surface area contributed by atoms with Crippen LogP contribution in [0.2, 0.25) is 5.02 Å². The van der Waals surface area contributed by atoms with Crippen molar-refractivity contribution in [3.8, 4) is 27.6 Å². The molecule has 0 atom stereocenters. The van der Waals surface area contributed by atoms with Crippen molar-refractivity contribution in [1.29, 1.82) is 0 Å². The number of hydrogen-bond acceptors (Lipinski definition) is 5. The van der Waals surface area contributed by atoms with Gasteiger partial charge in [0.25, 0.3) is 0 Å². The number of halogens is 1. The van der Waals surface area contributed by atoms with Crippen LogP contribution in [0.5, 0.6) is 0 Å². The van der Waals surface area contributed by atoms with Gasteiger partial charge in [0.05, 0.1) is 33.3 Å². The third-order valence-corrected chi connectivity index (χ3v) is 6.18. The second kappa shape index (κ2) is 7.13. The Morgan fingerprint density at radius 1 is 1.31 bits per heavy atom. The maximum Gasteiger partial charge on any atom is 0.223 e. The molecule has 0 unspecified atom stereocenters. The quantitative estimate of drug-likeness (QED) is 0.507. The highest BCUT2D eigenvalue weighted by molar-refractivity contribution is 7.19. The lowest BCUT2D eigenvalue weighted by Crippen LogP contribution is -2.05. The molecule has 2 N–H and O–H groups in total. The molecule has 1 aliphatic carbocycles. The largest absolute Gasteiger partial charge is 0.351 e. The molecule has 0 saturated carbocycles. The summed E-state index contributed by atoms with van der Waals surface area (Å²) in [5, 5.41) is 8.95. The number of nitrogens with zero attached hydrogens (tertiary/aromatic N) is 4. The summed E-state index contributed by atoms with van der Waals surface area (Å²) < 4.78 is 1.89. The lowest BCUT2D eigenvalue weighted by atomic mass is 10.1. The Kier molecular flexibility index (Phi) is 4.44. The average Bonchev–Trinajstić information content (AvgIpc) is 3.39. The van der Waals surface area contributed by atoms with Gasteiger partial charge in [-0.1, -0.05) is 35.1 Å². The molecule has 1 aliphatic rings. The smallest absolute Gasteiger partial charge is 0.223 e. The second-order valence-electron chi connectivity index (χ2n) is 6.82. The summed E-state index contributed by atoms with van der Waals surface area (Å²) in [4.78, 5) is 24.7. The zero-order valence-electron chi connectivity index (χ0n) is 15.6. The number of aryl methyl sites for hydroxylation is 1. The molecule has 0 aliphatic heterocycles. The zero-order chi connectivity index (χ0) is 20.0. The van der Waals surface area contributed by atoms with Crippen molar-refractivity contribution >= 4 is 34.0 Å². The van der Waals surface area contributed by atoms with Crippen LogP contribution in [0.4, 0.5) is 5.13 Å². The number of imidazole rings is 1. The molecule has 0 saturated heterocycles. The number of benzene rings is 1. The van der Waals surface area contributed by atoms with E-state index in [4.69, 9.17) is 16.7 Å². The molecule has 0 spiro atoms. The monoisotopic (exact) mass is 424 g/mol. The van der Waals surface area contributed by atoms with Crippen molar-refractivity contribution in [2.75, 3.05) is 5.32 Å². The van der Waals surface area contributed by atoms with Crippen LogP contribution in [0, 0.1) is 0 Å². The topological polar surface area (TPSA) is 88.5 Å². The summed E-state index contributed by atoms with van der Waals surface area (Å²) in [6, 6.07) is 7.64. The van der Waals surface area contributed by atoms with Crippen molar-refractivity contribution in [3.05, 3.63) is 53.1 Å². The lowest BCUT2D eigenvalue weighted by Gasteiger charge is -2.09. The molecule has 1 aromatic carbocycles. The van der Waals surface area contributed by atoms with Gasteiger partial charge in [-0.05, 0) is 31.4 Å². The van der Waals surface area contributed by atoms with Gasteiger partial charge < -0.3 is 10.3 Å². The molecule has 4 aromatic rings. The molecule has 0 bridgehead atoms. The van der Waals surface area contributed by atoms with Crippen LogP contribution in [0.15, 0.2) is 36.8 Å². The maximum atomic E-state index is 11.5. The molecule has 5 rings (SSSR count). The fraction of sp³-hybridized carbons (Fsp3) is 0.200. The highest BCUT2D eigenvalue weighted by Crippen LogP contribution is 2.43. The van der Waals surface area contributed by atoms with E-state index in [1.807, 2.05) is 35.1 Å². The first-order valence-electron chi connectivity index (χ1n) is 9.25. The predicted molar refractivity (Wildman–Crippen MR) is 114 cm³/mol. The maximum absolute atomic E-state index is 11.5. The summed E-state index contributed by atoms with van der Waals surface area (Å²) in [5.41, 5.74) is 5.49. The van der Waals surface area contributed by atoms with Crippen LogP contribution in [-0.4, -0.2) is 30.6 Å². The zero-order valence-corrected chi connectivity index (χ0v) is 17.1. The molecule has 29 heavy (non-hydrogen) atoms. The van der Waals surface area contributed by atoms with Crippen LogP contribution in [0.3, 0.4) is 0 Å². The number of anilines is 1. The van der Waals surface area contributed by atoms with Crippen LogP contribution in [0.1, 0.15) is 24.6 Å². The Bertz CT molecular complexity index is 1210. The minimum Gasteiger partial charge on any atom is -0.351 e. The standard InChI is InChI=1S/C20H17ClN6OS/c1-11(28)24-20-25-14-7-4-5-12-17(15-9-22-10-23-15)26-27(18(12)19(14)29-20)16-8-3-2-6-13(16)21/h2-3,6,8-10H,4-5,7H2,1H3,(H,22,23)(H,24,25,28). The minimum absolute atomic E-state index is 0.133. The number of aromatic amines is 1. The summed E-state index contributed by atoms with van der Waals surface area (Å²) in [6.07, 6.45) is 6.14. The SMILES string of the molecule is CC(=O)Nc1nc2c(s1)-c1c(c(-c3c[nH]cn3)nn1-c1ccccc1Cl)CCC2. The Hall–Kier alpha value is -2.97. The van der Waals surface area contributed by atoms with Crippen LogP contribution < -0.4 is 5.32 Å². The molecule has 3 heterocycles. The van der Waals surface area contributed by atoms with E-state index in [1.54, 1.807) is 6.33 Å². The molecular weight excluding hydrogens is 408 g/mol. The number of aromatic nitrogens is 5. The highest BCUT2D eigenvalue weighted by Gasteiger charge is 2.29. The number of fused-ring (bicyclic) bond motifs is 3. The number of nitrogens with one attached hydrogen (secondary N) is 2. The van der Waals surface area contributed by atoms with Gasteiger partial charge in [-0.25, -0.2) is 14.6 Å². The van der Waals surface area contributed by atoms with Gasteiger partial charge in [-0.3, -0.25) is 4.79 Å². The Morgan fingerprint density at radius 3 is 2.93 bits per heavy atom. The fourth-order valence-corrected chi connectivity index (χ4v) is 4.99. The van der Waals surface area contributed by atoms with Crippen molar-refractivity contribution in [2.45, 2.75) is 26.2 Å². The van der Waals surface area contributed by atoms with E-state index in [0.29, 0.717) is 10.2 Å². The number of carbonyl (C=O) groups is 1. The number of H-pyrrole nitrogens is 1. The summed E-state index contributed by atoms with van der Waals surface area (Å²) in [5.74, 6) is -0.133. The van der Waals surface area contributed by atoms with Gasteiger partial charge in [0.2, 0.25) is 5.91 Å². The highest BCUT2D eigenvalue weighted by atomic mass is 35.5. The molecule has 7 nitrogen and oxygen atoms in total. The van der Waals surface area contributed by atoms with E-state index in [1.165, 1.54) is 18.3 Å². The van der Waals surface area contributed by atoms with Gasteiger partial charge in [-0.2, -0.15) is 5.10 Å². The molecule has 0 fully saturated rings. The van der Waals surface area contributed by atoms with Gasteiger partial charge in [0.1, 0.15) is 11.4 Å². The lowest BCUT2D eigenvalue weighted by molar-refractivity contribution is -0.114. The number of amides is 1. The van der Waals surface area contributed by atoms with Crippen LogP contribution in [0.25, 0.3) is 27.6 Å². The molecule has 0 radical (unpaired) electrons. The van der Waals surface area contributed by atoms with E-state index < -0.39 is 0 Å². The average molecular weight is 425 g/mol. The fourth-order valence-electron chi connectivity index (χ4n) is 3.66. The van der Waals surface area contributed by atoms with Gasteiger partial charge in [0, 0.05) is 18.7 Å². The first-order valence-corrected chi connectivity index (χ1v) is 10.4. The number of para-hydroxylation sites is 1. The molecule has 9 heteroatoms. The van der Waals surface area contributed by atoms with Crippen molar-refractivity contribution < 1.29 is 4.79 Å². The van der Waals surface area contributed by atoms with E-state index in [-0.39, 0.29) is 5.91 Å². The predicted octanol–water partition coefficient (Wildman–Crippen LogP) is 4.49. The second-order valence-corrected chi connectivity index (χ2v) is 8.23. The first-order chi connectivity index (χ1) is 14.1. The Labute approximate surface area is 175 Å². The number of rotatable bonds is 3. The third-order valence-electron chi connectivity index (χ3n) is 4.84. The molecular formula is C20H17ClN6OS. The van der Waals surface area contributed by atoms with E-state index in [2.05, 4.69) is 20.3 Å².